The van der Waals surface area contributed by atoms with Crippen molar-refractivity contribution in [1.29, 1.82) is 0 Å². The van der Waals surface area contributed by atoms with Gasteiger partial charge in [-0.25, -0.2) is 0 Å². The molecule has 3 N–H and O–H groups in total. The highest BCUT2D eigenvalue weighted by molar-refractivity contribution is 5.95. The van der Waals surface area contributed by atoms with E-state index < -0.39 is 6.23 Å². The molecule has 2 aromatic heterocycles. The highest BCUT2D eigenvalue weighted by Crippen LogP contribution is 2.27. The van der Waals surface area contributed by atoms with E-state index >= 15 is 0 Å². The number of benzene rings is 1. The van der Waals surface area contributed by atoms with Crippen molar-refractivity contribution in [1.82, 2.24) is 20.1 Å². The van der Waals surface area contributed by atoms with E-state index in [-0.39, 0.29) is 18.1 Å². The fourth-order valence-electron chi connectivity index (χ4n) is 3.87. The second-order valence-corrected chi connectivity index (χ2v) is 7.74. The summed E-state index contributed by atoms with van der Waals surface area (Å²) in [6, 6.07) is 9.16. The summed E-state index contributed by atoms with van der Waals surface area (Å²) in [5.74, 6) is 2.43. The molecule has 1 aliphatic rings. The first-order valence-corrected chi connectivity index (χ1v) is 10.3. The number of hydrogen-bond donors (Lipinski definition) is 2. The number of pyridine rings is 1. The monoisotopic (exact) mass is 415 g/mol. The molecule has 0 spiro atoms. The van der Waals surface area contributed by atoms with Crippen LogP contribution in [-0.2, 0) is 11.8 Å². The number of ether oxygens (including phenoxy) is 1. The first-order valence-electron chi connectivity index (χ1n) is 10.3. The zero-order valence-corrected chi connectivity index (χ0v) is 17.4. The molecule has 1 amide bonds. The number of terminal acetylenes is 1. The summed E-state index contributed by atoms with van der Waals surface area (Å²) >= 11 is 0. The summed E-state index contributed by atoms with van der Waals surface area (Å²) in [5, 5.41) is 7.27. The fraction of sp³-hybridized carbons (Fsp3) is 0.292. The summed E-state index contributed by atoms with van der Waals surface area (Å²) < 4.78 is 7.82. The highest BCUT2D eigenvalue weighted by Gasteiger charge is 2.31. The van der Waals surface area contributed by atoms with Crippen LogP contribution in [0.3, 0.4) is 0 Å². The van der Waals surface area contributed by atoms with Crippen molar-refractivity contribution >= 4 is 5.91 Å². The normalized spacial score (nSPS) is 19.0. The Balaban J connectivity index is 1.42. The van der Waals surface area contributed by atoms with Gasteiger partial charge >= 0.3 is 0 Å². The molecule has 1 unspecified atom stereocenters. The van der Waals surface area contributed by atoms with E-state index in [1.54, 1.807) is 23.3 Å². The van der Waals surface area contributed by atoms with E-state index in [0.717, 1.165) is 41.5 Å². The molecule has 1 fully saturated rings. The second-order valence-electron chi connectivity index (χ2n) is 7.74. The maximum absolute atomic E-state index is 12.9. The molecule has 1 aromatic carbocycles. The maximum Gasteiger partial charge on any atom is 0.253 e. The fourth-order valence-corrected chi connectivity index (χ4v) is 3.87. The van der Waals surface area contributed by atoms with Crippen LogP contribution in [-0.4, -0.2) is 32.8 Å². The number of aryl methyl sites for hydroxylation is 1. The molecule has 0 bridgehead atoms. The van der Waals surface area contributed by atoms with Gasteiger partial charge in [-0.3, -0.25) is 14.5 Å². The van der Waals surface area contributed by atoms with E-state index in [1.807, 2.05) is 43.6 Å². The topological polar surface area (TPSA) is 95.1 Å². The first kappa shape index (κ1) is 20.8. The third-order valence-electron chi connectivity index (χ3n) is 5.51. The molecule has 158 valence electrons. The summed E-state index contributed by atoms with van der Waals surface area (Å²) in [5.41, 5.74) is 10.1. The van der Waals surface area contributed by atoms with Crippen molar-refractivity contribution in [2.24, 2.45) is 12.8 Å². The van der Waals surface area contributed by atoms with Gasteiger partial charge in [0.15, 0.2) is 0 Å². The van der Waals surface area contributed by atoms with Crippen LogP contribution < -0.4 is 11.1 Å². The van der Waals surface area contributed by atoms with E-state index in [9.17, 15) is 4.79 Å². The quantitative estimate of drug-likeness (QED) is 0.477. The minimum atomic E-state index is -0.605. The maximum atomic E-state index is 12.9. The number of carbonyl (C=O) groups excluding carboxylic acids is 1. The van der Waals surface area contributed by atoms with Gasteiger partial charge in [-0.2, -0.15) is 5.10 Å². The highest BCUT2D eigenvalue weighted by atomic mass is 16.5. The molecule has 1 aliphatic carbocycles. The largest absolute Gasteiger partial charge is 0.354 e. The third-order valence-corrected chi connectivity index (χ3v) is 5.51. The molecule has 7 nitrogen and oxygen atoms in total. The van der Waals surface area contributed by atoms with E-state index in [2.05, 4.69) is 21.3 Å². The SMILES string of the molecule is C#Cc1cccc(C(N)O[C@H]2CCC[C@@H]2NC(=O)c2cncc(-c3cnn(C)c3)c2)c1. The van der Waals surface area contributed by atoms with Gasteiger partial charge in [-0.1, -0.05) is 18.1 Å². The van der Waals surface area contributed by atoms with Crippen molar-refractivity contribution in [3.05, 3.63) is 71.8 Å². The standard InChI is InChI=1S/C24H25N5O2/c1-3-16-6-4-7-17(10-16)23(25)31-22-9-5-8-21(22)28-24(30)19-11-18(12-26-13-19)20-14-27-29(2)15-20/h1,4,6-7,10-15,21-23H,5,8-9,25H2,2H3,(H,28,30)/t21-,22-,23?/m0/s1. The molecule has 7 heteroatoms. The van der Waals surface area contributed by atoms with Crippen molar-refractivity contribution in [3.63, 3.8) is 0 Å². The number of amides is 1. The van der Waals surface area contributed by atoms with Gasteiger partial charge in [0.2, 0.25) is 0 Å². The van der Waals surface area contributed by atoms with Gasteiger partial charge in [0.05, 0.1) is 23.9 Å². The van der Waals surface area contributed by atoms with Crippen molar-refractivity contribution in [3.8, 4) is 23.5 Å². The average molecular weight is 415 g/mol. The average Bonchev–Trinajstić information content (AvgIpc) is 3.42. The molecule has 0 saturated heterocycles. The van der Waals surface area contributed by atoms with Crippen LogP contribution in [0.1, 0.15) is 47.0 Å². The van der Waals surface area contributed by atoms with Crippen molar-refractivity contribution < 1.29 is 9.53 Å². The van der Waals surface area contributed by atoms with Crippen LogP contribution in [0.2, 0.25) is 0 Å². The Morgan fingerprint density at radius 1 is 1.29 bits per heavy atom. The Labute approximate surface area is 181 Å². The summed E-state index contributed by atoms with van der Waals surface area (Å²) in [6.45, 7) is 0. The Hall–Kier alpha value is -3.47. The molecule has 2 heterocycles. The zero-order valence-electron chi connectivity index (χ0n) is 17.4. The van der Waals surface area contributed by atoms with Gasteiger partial charge in [-0.15, -0.1) is 6.42 Å². The van der Waals surface area contributed by atoms with Gasteiger partial charge in [0.1, 0.15) is 6.23 Å². The predicted octanol–water partition coefficient (Wildman–Crippen LogP) is 2.79. The number of carbonyl (C=O) groups is 1. The number of aromatic nitrogens is 3. The number of nitrogens with zero attached hydrogens (tertiary/aromatic N) is 3. The lowest BCUT2D eigenvalue weighted by Crippen LogP contribution is -2.42. The number of nitrogens with two attached hydrogens (primary N) is 1. The van der Waals surface area contributed by atoms with Crippen molar-refractivity contribution in [2.75, 3.05) is 0 Å². The second kappa shape index (κ2) is 9.13. The molecule has 1 saturated carbocycles. The smallest absolute Gasteiger partial charge is 0.253 e. The number of nitrogens with one attached hydrogen (secondary N) is 1. The predicted molar refractivity (Wildman–Crippen MR) is 118 cm³/mol. The molecule has 4 rings (SSSR count). The zero-order chi connectivity index (χ0) is 21.8. The van der Waals surface area contributed by atoms with Gasteiger partial charge in [0.25, 0.3) is 5.91 Å². The van der Waals surface area contributed by atoms with Gasteiger partial charge in [0, 0.05) is 42.3 Å². The number of hydrogen-bond acceptors (Lipinski definition) is 5. The lowest BCUT2D eigenvalue weighted by molar-refractivity contribution is -0.0188. The molecule has 0 aliphatic heterocycles. The van der Waals surface area contributed by atoms with Crippen LogP contribution in [0.4, 0.5) is 0 Å². The molecule has 31 heavy (non-hydrogen) atoms. The summed E-state index contributed by atoms with van der Waals surface area (Å²) in [7, 11) is 1.85. The molecule has 3 atom stereocenters. The lowest BCUT2D eigenvalue weighted by Gasteiger charge is -2.25. The van der Waals surface area contributed by atoms with E-state index in [4.69, 9.17) is 16.9 Å². The minimum Gasteiger partial charge on any atom is -0.354 e. The van der Waals surface area contributed by atoms with Gasteiger partial charge in [-0.05, 0) is 43.0 Å². The molecular formula is C24H25N5O2. The summed E-state index contributed by atoms with van der Waals surface area (Å²) in [4.78, 5) is 17.1. The van der Waals surface area contributed by atoms with Crippen LogP contribution in [0, 0.1) is 12.3 Å². The van der Waals surface area contributed by atoms with Crippen molar-refractivity contribution in [2.45, 2.75) is 37.6 Å². The third kappa shape index (κ3) is 4.82. The molecule has 0 radical (unpaired) electrons. The molecule has 3 aromatic rings. The lowest BCUT2D eigenvalue weighted by atomic mass is 10.1. The Morgan fingerprint density at radius 2 is 2.16 bits per heavy atom. The minimum absolute atomic E-state index is 0.114. The first-order chi connectivity index (χ1) is 15.0. The van der Waals surface area contributed by atoms with Crippen LogP contribution in [0.25, 0.3) is 11.1 Å². The summed E-state index contributed by atoms with van der Waals surface area (Å²) in [6.07, 6.45) is 14.3. The van der Waals surface area contributed by atoms with Crippen LogP contribution in [0.5, 0.6) is 0 Å². The van der Waals surface area contributed by atoms with Gasteiger partial charge < -0.3 is 15.8 Å². The van der Waals surface area contributed by atoms with E-state index in [0.29, 0.717) is 5.56 Å². The van der Waals surface area contributed by atoms with E-state index in [1.165, 1.54) is 0 Å². The Kier molecular flexibility index (Phi) is 6.12. The molecular weight excluding hydrogens is 390 g/mol. The Morgan fingerprint density at radius 3 is 2.94 bits per heavy atom. The van der Waals surface area contributed by atoms with Crippen LogP contribution >= 0.6 is 0 Å². The Bertz CT molecular complexity index is 1120. The van der Waals surface area contributed by atoms with Crippen LogP contribution in [0.15, 0.2) is 55.1 Å². The number of rotatable bonds is 6.